The van der Waals surface area contributed by atoms with Crippen LogP contribution in [0.3, 0.4) is 0 Å². The second kappa shape index (κ2) is 2.53. The van der Waals surface area contributed by atoms with Gasteiger partial charge in [-0.25, -0.2) is 0 Å². The predicted molar refractivity (Wildman–Crippen MR) is 37.3 cm³/mol. The summed E-state index contributed by atoms with van der Waals surface area (Å²) < 4.78 is 10.1. The van der Waals surface area contributed by atoms with Crippen molar-refractivity contribution in [2.24, 2.45) is 0 Å². The molecule has 4 heteroatoms. The van der Waals surface area contributed by atoms with Crippen LogP contribution in [0.2, 0.25) is 0 Å². The fourth-order valence-corrected chi connectivity index (χ4v) is 0.957. The van der Waals surface area contributed by atoms with Crippen LogP contribution in [0.25, 0.3) is 0 Å². The van der Waals surface area contributed by atoms with Crippen molar-refractivity contribution in [3.05, 3.63) is 5.82 Å². The van der Waals surface area contributed by atoms with Crippen molar-refractivity contribution < 1.29 is 9.26 Å². The predicted octanol–water partition coefficient (Wildman–Crippen LogP) is 1.31. The Kier molecular flexibility index (Phi) is 1.52. The van der Waals surface area contributed by atoms with Gasteiger partial charge in [0.25, 0.3) is 0 Å². The van der Waals surface area contributed by atoms with Crippen LogP contribution in [0.15, 0.2) is 4.52 Å². The number of rotatable bonds is 2. The topological polar surface area (TPSA) is 48.2 Å². The van der Waals surface area contributed by atoms with Gasteiger partial charge in [-0.05, 0) is 26.2 Å². The molecule has 0 N–H and O–H groups in total. The van der Waals surface area contributed by atoms with Gasteiger partial charge in [0.15, 0.2) is 5.82 Å². The zero-order valence-corrected chi connectivity index (χ0v) is 6.41. The van der Waals surface area contributed by atoms with Crippen LogP contribution in [-0.4, -0.2) is 16.2 Å². The van der Waals surface area contributed by atoms with Crippen molar-refractivity contribution in [1.29, 1.82) is 0 Å². The Morgan fingerprint density at radius 3 is 2.82 bits per heavy atom. The largest absolute Gasteiger partial charge is 0.446 e. The van der Waals surface area contributed by atoms with Crippen molar-refractivity contribution in [3.8, 4) is 6.08 Å². The molecule has 1 heterocycles. The molecule has 1 aliphatic rings. The molecule has 1 aromatic heterocycles. The second-order valence-corrected chi connectivity index (χ2v) is 2.78. The lowest BCUT2D eigenvalue weighted by Gasteiger charge is -2.23. The minimum Gasteiger partial charge on any atom is -0.446 e. The zero-order valence-electron chi connectivity index (χ0n) is 6.41. The smallest absolute Gasteiger partial charge is 0.417 e. The van der Waals surface area contributed by atoms with E-state index < -0.39 is 0 Å². The summed E-state index contributed by atoms with van der Waals surface area (Å²) >= 11 is 0. The zero-order chi connectivity index (χ0) is 7.68. The molecule has 0 amide bonds. The summed E-state index contributed by atoms with van der Waals surface area (Å²) in [6.45, 7) is 1.77. The normalized spacial score (nSPS) is 17.9. The van der Waals surface area contributed by atoms with Crippen LogP contribution in [0, 0.1) is 6.92 Å². The lowest BCUT2D eigenvalue weighted by Crippen LogP contribution is -2.24. The number of aryl methyl sites for hydroxylation is 1. The maximum Gasteiger partial charge on any atom is 0.417 e. The third kappa shape index (κ3) is 1.34. The molecule has 0 radical (unpaired) electrons. The Morgan fingerprint density at radius 2 is 2.36 bits per heavy atom. The van der Waals surface area contributed by atoms with E-state index in [1.165, 1.54) is 6.42 Å². The number of aromatic nitrogens is 2. The van der Waals surface area contributed by atoms with Crippen LogP contribution in [0.4, 0.5) is 0 Å². The molecule has 11 heavy (non-hydrogen) atoms. The van der Waals surface area contributed by atoms with Crippen LogP contribution >= 0.6 is 0 Å². The molecule has 1 aliphatic carbocycles. The molecule has 60 valence electrons. The van der Waals surface area contributed by atoms with Crippen molar-refractivity contribution in [1.82, 2.24) is 10.1 Å². The van der Waals surface area contributed by atoms with Gasteiger partial charge in [-0.3, -0.25) is 4.52 Å². The lowest BCUT2D eigenvalue weighted by molar-refractivity contribution is 0.0751. The van der Waals surface area contributed by atoms with Crippen molar-refractivity contribution in [3.63, 3.8) is 0 Å². The Labute approximate surface area is 64.5 Å². The fraction of sp³-hybridized carbons (Fsp3) is 0.714. The average molecular weight is 154 g/mol. The molecule has 0 bridgehead atoms. The molecular formula is C7H10N2O2. The summed E-state index contributed by atoms with van der Waals surface area (Å²) in [5.41, 5.74) is 0. The Balaban J connectivity index is 1.95. The number of nitrogens with zero attached hydrogens (tertiary/aromatic N) is 2. The van der Waals surface area contributed by atoms with Crippen LogP contribution in [0.5, 0.6) is 6.08 Å². The van der Waals surface area contributed by atoms with Crippen LogP contribution < -0.4 is 4.74 Å². The molecule has 0 spiro atoms. The first kappa shape index (κ1) is 6.64. The Bertz CT molecular complexity index is 242. The third-order valence-corrected chi connectivity index (χ3v) is 1.83. The molecule has 4 nitrogen and oxygen atoms in total. The number of hydrogen-bond donors (Lipinski definition) is 0. The molecule has 0 atom stereocenters. The minimum absolute atomic E-state index is 0.312. The quantitative estimate of drug-likeness (QED) is 0.644. The molecule has 0 unspecified atom stereocenters. The summed E-state index contributed by atoms with van der Waals surface area (Å²) in [7, 11) is 0. The maximum absolute atomic E-state index is 5.33. The Hall–Kier alpha value is -1.06. The highest BCUT2D eigenvalue weighted by molar-refractivity contribution is 4.89. The maximum atomic E-state index is 5.33. The first-order valence-electron chi connectivity index (χ1n) is 3.81. The summed E-state index contributed by atoms with van der Waals surface area (Å²) in [6, 6.07) is 0. The average Bonchev–Trinajstić information content (AvgIpc) is 2.27. The van der Waals surface area contributed by atoms with Gasteiger partial charge in [0.2, 0.25) is 0 Å². The van der Waals surface area contributed by atoms with Gasteiger partial charge >= 0.3 is 6.08 Å². The van der Waals surface area contributed by atoms with E-state index in [4.69, 9.17) is 9.26 Å². The summed E-state index contributed by atoms with van der Waals surface area (Å²) in [5, 5.41) is 3.62. The highest BCUT2D eigenvalue weighted by atomic mass is 16.6. The molecule has 1 fully saturated rings. The van der Waals surface area contributed by atoms with E-state index in [1.807, 2.05) is 0 Å². The van der Waals surface area contributed by atoms with E-state index in [0.29, 0.717) is 18.0 Å². The van der Waals surface area contributed by atoms with Gasteiger partial charge < -0.3 is 4.74 Å². The van der Waals surface area contributed by atoms with Crippen LogP contribution in [0.1, 0.15) is 25.1 Å². The Morgan fingerprint density at radius 1 is 1.55 bits per heavy atom. The molecule has 0 aliphatic heterocycles. The first-order chi connectivity index (χ1) is 5.34. The molecule has 0 saturated heterocycles. The fourth-order valence-electron chi connectivity index (χ4n) is 0.957. The van der Waals surface area contributed by atoms with Crippen molar-refractivity contribution in [2.45, 2.75) is 32.3 Å². The monoisotopic (exact) mass is 154 g/mol. The van der Waals surface area contributed by atoms with Gasteiger partial charge in [-0.15, -0.1) is 0 Å². The molecule has 1 saturated carbocycles. The molecule has 1 aromatic rings. The van der Waals surface area contributed by atoms with Gasteiger partial charge in [0.05, 0.1) is 0 Å². The molecule has 0 aromatic carbocycles. The molecular weight excluding hydrogens is 144 g/mol. The van der Waals surface area contributed by atoms with Gasteiger partial charge in [-0.1, -0.05) is 5.16 Å². The van der Waals surface area contributed by atoms with E-state index in [1.54, 1.807) is 6.92 Å². The van der Waals surface area contributed by atoms with E-state index in [9.17, 15) is 0 Å². The summed E-state index contributed by atoms with van der Waals surface area (Å²) in [5.74, 6) is 0.624. The highest BCUT2D eigenvalue weighted by Crippen LogP contribution is 2.23. The number of hydrogen-bond acceptors (Lipinski definition) is 4. The van der Waals surface area contributed by atoms with E-state index in [-0.39, 0.29) is 0 Å². The SMILES string of the molecule is Cc1noc(OC2CCC2)n1. The van der Waals surface area contributed by atoms with E-state index in [0.717, 1.165) is 12.8 Å². The van der Waals surface area contributed by atoms with Crippen LogP contribution in [-0.2, 0) is 0 Å². The summed E-state index contributed by atoms with van der Waals surface area (Å²) in [4.78, 5) is 3.93. The molecule has 2 rings (SSSR count). The lowest BCUT2D eigenvalue weighted by atomic mass is 9.96. The van der Waals surface area contributed by atoms with E-state index in [2.05, 4.69) is 10.1 Å². The third-order valence-electron chi connectivity index (χ3n) is 1.83. The van der Waals surface area contributed by atoms with Gasteiger partial charge in [0, 0.05) is 0 Å². The van der Waals surface area contributed by atoms with Crippen molar-refractivity contribution >= 4 is 0 Å². The highest BCUT2D eigenvalue weighted by Gasteiger charge is 2.21. The van der Waals surface area contributed by atoms with E-state index >= 15 is 0 Å². The number of ether oxygens (including phenoxy) is 1. The summed E-state index contributed by atoms with van der Waals surface area (Å²) in [6.07, 6.45) is 4.10. The first-order valence-corrected chi connectivity index (χ1v) is 3.81. The van der Waals surface area contributed by atoms with Gasteiger partial charge in [0.1, 0.15) is 6.10 Å². The minimum atomic E-state index is 0.312. The van der Waals surface area contributed by atoms with Gasteiger partial charge in [-0.2, -0.15) is 4.98 Å². The standard InChI is InChI=1S/C7H10N2O2/c1-5-8-7(11-9-5)10-6-3-2-4-6/h6H,2-4H2,1H3. The second-order valence-electron chi connectivity index (χ2n) is 2.78. The van der Waals surface area contributed by atoms with Crippen molar-refractivity contribution in [2.75, 3.05) is 0 Å².